The number of carbonyl (C=O) groups excluding carboxylic acids is 1. The third kappa shape index (κ3) is 5.47. The Bertz CT molecular complexity index is 1110. The molecule has 2 bridgehead atoms. The Morgan fingerprint density at radius 1 is 1.11 bits per heavy atom. The topological polar surface area (TPSA) is 102 Å². The summed E-state index contributed by atoms with van der Waals surface area (Å²) in [5, 5.41) is 25.1. The number of rotatable bonds is 7. The highest BCUT2D eigenvalue weighted by atomic mass is 16.5. The van der Waals surface area contributed by atoms with Crippen molar-refractivity contribution in [1.29, 1.82) is 0 Å². The Hall–Kier alpha value is -2.48. The van der Waals surface area contributed by atoms with Crippen LogP contribution in [0.3, 0.4) is 0 Å². The van der Waals surface area contributed by atoms with Gasteiger partial charge in [-0.2, -0.15) is 0 Å². The molecule has 4 aliphatic rings. The van der Waals surface area contributed by atoms with Crippen LogP contribution in [-0.2, 0) is 17.6 Å². The van der Waals surface area contributed by atoms with Crippen molar-refractivity contribution in [2.75, 3.05) is 11.9 Å². The highest BCUT2D eigenvalue weighted by molar-refractivity contribution is 5.93. The van der Waals surface area contributed by atoms with Crippen molar-refractivity contribution in [3.8, 4) is 5.75 Å². The van der Waals surface area contributed by atoms with E-state index in [-0.39, 0.29) is 17.4 Å². The molecule has 2 heterocycles. The Kier molecular flexibility index (Phi) is 8.08. The monoisotopic (exact) mass is 523 g/mol. The number of nitrogens with one attached hydrogen (secondary N) is 1. The summed E-state index contributed by atoms with van der Waals surface area (Å²) in [6.45, 7) is 7.57. The highest BCUT2D eigenvalue weighted by Gasteiger charge is 2.60. The maximum absolute atomic E-state index is 11.4. The molecule has 8 heteroatoms. The molecule has 3 atom stereocenters. The van der Waals surface area contributed by atoms with Crippen molar-refractivity contribution < 1.29 is 14.6 Å². The quantitative estimate of drug-likeness (QED) is 0.454. The lowest BCUT2D eigenvalue weighted by atomic mass is 9.70. The van der Waals surface area contributed by atoms with Crippen molar-refractivity contribution >= 4 is 11.6 Å². The van der Waals surface area contributed by atoms with Gasteiger partial charge in [-0.1, -0.05) is 40.0 Å². The zero-order valence-electron chi connectivity index (χ0n) is 23.4. The Morgan fingerprint density at radius 3 is 2.61 bits per heavy atom. The normalized spacial score (nSPS) is 27.8. The van der Waals surface area contributed by atoms with Gasteiger partial charge in [0.25, 0.3) is 0 Å². The third-order valence-corrected chi connectivity index (χ3v) is 10.3. The Balaban J connectivity index is 0.000000222. The molecule has 0 saturated heterocycles. The second-order valence-electron chi connectivity index (χ2n) is 12.6. The fourth-order valence-electron chi connectivity index (χ4n) is 7.17. The zero-order chi connectivity index (χ0) is 26.8. The van der Waals surface area contributed by atoms with Gasteiger partial charge < -0.3 is 15.2 Å². The lowest BCUT2D eigenvalue weighted by molar-refractivity contribution is -0.116. The molecule has 0 spiro atoms. The fourth-order valence-corrected chi connectivity index (χ4v) is 7.17. The molecule has 2 N–H and O–H groups in total. The second kappa shape index (κ2) is 11.3. The number of amides is 1. The average Bonchev–Trinajstić information content (AvgIpc) is 3.52. The first-order valence-corrected chi connectivity index (χ1v) is 14.8. The van der Waals surface area contributed by atoms with E-state index in [1.165, 1.54) is 44.9 Å². The van der Waals surface area contributed by atoms with Gasteiger partial charge in [-0.15, -0.1) is 5.10 Å². The molecule has 1 aromatic carbocycles. The van der Waals surface area contributed by atoms with Crippen LogP contribution in [0, 0.1) is 16.7 Å². The summed E-state index contributed by atoms with van der Waals surface area (Å²) in [5.41, 5.74) is 2.66. The van der Waals surface area contributed by atoms with Gasteiger partial charge in [0.1, 0.15) is 5.75 Å². The van der Waals surface area contributed by atoms with E-state index >= 15 is 0 Å². The molecule has 0 unspecified atom stereocenters. The number of nitrogens with zero attached hydrogens (tertiary/aromatic N) is 4. The van der Waals surface area contributed by atoms with Gasteiger partial charge in [0.05, 0.1) is 18.8 Å². The molecule has 8 nitrogen and oxygen atoms in total. The molecule has 3 fully saturated rings. The summed E-state index contributed by atoms with van der Waals surface area (Å²) in [6, 6.07) is 6.38. The molecule has 0 radical (unpaired) electrons. The summed E-state index contributed by atoms with van der Waals surface area (Å²) in [5.74, 6) is 2.75. The molecule has 1 aliphatic heterocycles. The van der Waals surface area contributed by atoms with Crippen LogP contribution in [0.4, 0.5) is 5.69 Å². The number of unbranched alkanes of at least 4 members (excludes halogenated alkanes) is 1. The summed E-state index contributed by atoms with van der Waals surface area (Å²) >= 11 is 0. The molecule has 2 aromatic rings. The van der Waals surface area contributed by atoms with Crippen LogP contribution in [0.5, 0.6) is 5.75 Å². The van der Waals surface area contributed by atoms with E-state index in [1.54, 1.807) is 0 Å². The van der Waals surface area contributed by atoms with Gasteiger partial charge in [0.2, 0.25) is 5.91 Å². The number of aliphatic hydroxyl groups excluding tert-OH is 1. The van der Waals surface area contributed by atoms with Crippen molar-refractivity contribution in [3.63, 3.8) is 0 Å². The van der Waals surface area contributed by atoms with E-state index < -0.39 is 0 Å². The molecule has 3 aliphatic carbocycles. The Morgan fingerprint density at radius 2 is 1.92 bits per heavy atom. The van der Waals surface area contributed by atoms with Crippen LogP contribution in [0.15, 0.2) is 18.2 Å². The molecule has 1 amide bonds. The van der Waals surface area contributed by atoms with Gasteiger partial charge in [-0.3, -0.25) is 4.79 Å². The van der Waals surface area contributed by atoms with Crippen molar-refractivity contribution in [2.24, 2.45) is 16.7 Å². The SMILES string of the molecule is CC1(C)[C@@H]2CC[C@@]1(C)[C@@H](O)C2.O=C1CCc2cc(OCCCCc3nnnn3C3CCCCC3)ccc2N1. The minimum atomic E-state index is -0.0313. The number of anilines is 1. The fraction of sp³-hybridized carbons (Fsp3) is 0.733. The van der Waals surface area contributed by atoms with E-state index in [0.717, 1.165) is 60.8 Å². The maximum Gasteiger partial charge on any atom is 0.224 e. The number of aliphatic hydroxyl groups is 1. The largest absolute Gasteiger partial charge is 0.494 e. The number of hydrogen-bond acceptors (Lipinski definition) is 6. The summed E-state index contributed by atoms with van der Waals surface area (Å²) in [6.07, 6.45) is 14.0. The van der Waals surface area contributed by atoms with Gasteiger partial charge in [-0.25, -0.2) is 4.68 Å². The number of benzene rings is 1. The first-order chi connectivity index (χ1) is 18.3. The van der Waals surface area contributed by atoms with Crippen LogP contribution >= 0.6 is 0 Å². The average molecular weight is 524 g/mol. The first kappa shape index (κ1) is 27.1. The van der Waals surface area contributed by atoms with E-state index in [1.807, 2.05) is 18.2 Å². The molecule has 1 aromatic heterocycles. The molecular weight excluding hydrogens is 478 g/mol. The van der Waals surface area contributed by atoms with Crippen LogP contribution in [-0.4, -0.2) is 43.9 Å². The lowest BCUT2D eigenvalue weighted by Gasteiger charge is -2.36. The van der Waals surface area contributed by atoms with Gasteiger partial charge >= 0.3 is 0 Å². The number of hydrogen-bond donors (Lipinski definition) is 2. The van der Waals surface area contributed by atoms with Gasteiger partial charge in [-0.05, 0) is 102 Å². The predicted octanol–water partition coefficient (Wildman–Crippen LogP) is 5.66. The van der Waals surface area contributed by atoms with Crippen LogP contribution in [0.2, 0.25) is 0 Å². The number of tetrazole rings is 1. The van der Waals surface area contributed by atoms with Crippen LogP contribution in [0.25, 0.3) is 0 Å². The van der Waals surface area contributed by atoms with Crippen molar-refractivity contribution in [2.45, 2.75) is 116 Å². The minimum Gasteiger partial charge on any atom is -0.494 e. The number of aryl methyl sites for hydroxylation is 2. The smallest absolute Gasteiger partial charge is 0.224 e. The van der Waals surface area contributed by atoms with Gasteiger partial charge in [0, 0.05) is 18.5 Å². The molecule has 208 valence electrons. The molecule has 3 saturated carbocycles. The summed E-state index contributed by atoms with van der Waals surface area (Å²) in [7, 11) is 0. The molecule has 6 rings (SSSR count). The number of ether oxygens (including phenoxy) is 1. The summed E-state index contributed by atoms with van der Waals surface area (Å²) in [4.78, 5) is 11.4. The van der Waals surface area contributed by atoms with E-state index in [4.69, 9.17) is 4.74 Å². The number of carbonyl (C=O) groups is 1. The minimum absolute atomic E-state index is 0.0313. The van der Waals surface area contributed by atoms with Crippen LogP contribution < -0.4 is 10.1 Å². The van der Waals surface area contributed by atoms with E-state index in [2.05, 4.69) is 46.3 Å². The second-order valence-corrected chi connectivity index (χ2v) is 12.6. The predicted molar refractivity (Wildman–Crippen MR) is 147 cm³/mol. The van der Waals surface area contributed by atoms with Gasteiger partial charge in [0.15, 0.2) is 5.82 Å². The number of aromatic nitrogens is 4. The summed E-state index contributed by atoms with van der Waals surface area (Å²) < 4.78 is 7.95. The maximum atomic E-state index is 11.4. The third-order valence-electron chi connectivity index (χ3n) is 10.3. The molecule has 38 heavy (non-hydrogen) atoms. The lowest BCUT2D eigenvalue weighted by Crippen LogP contribution is -2.35. The first-order valence-electron chi connectivity index (χ1n) is 14.8. The van der Waals surface area contributed by atoms with Crippen molar-refractivity contribution in [1.82, 2.24) is 20.2 Å². The number of fused-ring (bicyclic) bond motifs is 3. The standard InChI is InChI=1S/C20H27N5O2.C10H18O/c26-20-12-9-15-14-17(10-11-18(15)21-20)27-13-5-4-8-19-22-23-24-25(19)16-6-2-1-3-7-16;1-9(2)7-4-5-10(9,3)8(11)6-7/h10-11,14,16H,1-9,12-13H2,(H,21,26);7-8,11H,4-6H2,1-3H3/t;7-,8+,10+/m.1/s1. The van der Waals surface area contributed by atoms with E-state index in [0.29, 0.717) is 24.5 Å². The molecular formula is C30H45N5O3. The highest BCUT2D eigenvalue weighted by Crippen LogP contribution is 2.65. The van der Waals surface area contributed by atoms with Crippen molar-refractivity contribution in [3.05, 3.63) is 29.6 Å². The Labute approximate surface area is 226 Å². The van der Waals surface area contributed by atoms with Crippen LogP contribution in [0.1, 0.15) is 109 Å². The van der Waals surface area contributed by atoms with E-state index in [9.17, 15) is 9.90 Å². The zero-order valence-corrected chi connectivity index (χ0v) is 23.4.